The summed E-state index contributed by atoms with van der Waals surface area (Å²) in [4.78, 5) is 12.3. The second kappa shape index (κ2) is 7.32. The number of aliphatic hydroxyl groups is 1. The number of amides is 1. The predicted octanol–water partition coefficient (Wildman–Crippen LogP) is 2.20. The quantitative estimate of drug-likeness (QED) is 0.692. The molecule has 4 rings (SSSR count). The molecule has 3 aromatic rings. The highest BCUT2D eigenvalue weighted by Gasteiger charge is 2.32. The van der Waals surface area contributed by atoms with Gasteiger partial charge in [-0.05, 0) is 25.7 Å². The molecule has 0 unspecified atom stereocenters. The molecule has 2 aromatic heterocycles. The number of carbonyl (C=O) groups excluding carboxylic acids is 1. The first-order valence-electron chi connectivity index (χ1n) is 8.99. The smallest absolute Gasteiger partial charge is 0.290 e. The molecule has 1 aromatic carbocycles. The van der Waals surface area contributed by atoms with Gasteiger partial charge >= 0.3 is 0 Å². The van der Waals surface area contributed by atoms with Gasteiger partial charge in [-0.3, -0.25) is 9.48 Å². The Balaban J connectivity index is 1.27. The van der Waals surface area contributed by atoms with E-state index in [2.05, 4.69) is 20.8 Å². The standard InChI is InChI=1S/C19H21N5O3/c1-12(25)17-11-24(23-21-17)10-13-7-15(8-13)20-19(26)18-9-16(22-27-18)14-5-3-2-4-6-14/h2-6,9,11-13,15,25H,7-8,10H2,1H3,(H,20,26)/t12-,13-,15+/m1/s1. The van der Waals surface area contributed by atoms with Gasteiger partial charge in [-0.1, -0.05) is 40.7 Å². The molecule has 2 N–H and O–H groups in total. The van der Waals surface area contributed by atoms with Gasteiger partial charge in [0.05, 0.1) is 12.3 Å². The maximum absolute atomic E-state index is 12.3. The van der Waals surface area contributed by atoms with Crippen LogP contribution < -0.4 is 5.32 Å². The summed E-state index contributed by atoms with van der Waals surface area (Å²) in [5.41, 5.74) is 2.12. The number of carbonyl (C=O) groups is 1. The van der Waals surface area contributed by atoms with Crippen LogP contribution in [0.15, 0.2) is 47.1 Å². The van der Waals surface area contributed by atoms with Gasteiger partial charge in [0.25, 0.3) is 5.91 Å². The van der Waals surface area contributed by atoms with Gasteiger partial charge in [0, 0.05) is 24.2 Å². The minimum atomic E-state index is -0.616. The lowest BCUT2D eigenvalue weighted by Gasteiger charge is -2.35. The van der Waals surface area contributed by atoms with Crippen LogP contribution in [0.2, 0.25) is 0 Å². The Morgan fingerprint density at radius 2 is 2.15 bits per heavy atom. The first-order chi connectivity index (χ1) is 13.1. The van der Waals surface area contributed by atoms with Crippen LogP contribution in [0.4, 0.5) is 0 Å². The van der Waals surface area contributed by atoms with Gasteiger partial charge in [0.2, 0.25) is 5.76 Å². The highest BCUT2D eigenvalue weighted by Crippen LogP contribution is 2.29. The van der Waals surface area contributed by atoms with Crippen LogP contribution in [0, 0.1) is 5.92 Å². The van der Waals surface area contributed by atoms with Crippen molar-refractivity contribution in [1.29, 1.82) is 0 Å². The average molecular weight is 367 g/mol. The highest BCUT2D eigenvalue weighted by molar-refractivity contribution is 5.92. The minimum Gasteiger partial charge on any atom is -0.387 e. The van der Waals surface area contributed by atoms with E-state index < -0.39 is 6.10 Å². The van der Waals surface area contributed by atoms with E-state index >= 15 is 0 Å². The van der Waals surface area contributed by atoms with E-state index in [0.29, 0.717) is 17.3 Å². The fourth-order valence-electron chi connectivity index (χ4n) is 3.24. The zero-order valence-corrected chi connectivity index (χ0v) is 14.9. The Labute approximate surface area is 156 Å². The lowest BCUT2D eigenvalue weighted by Crippen LogP contribution is -2.45. The van der Waals surface area contributed by atoms with E-state index in [0.717, 1.165) is 24.9 Å². The first-order valence-corrected chi connectivity index (χ1v) is 8.99. The topological polar surface area (TPSA) is 106 Å². The predicted molar refractivity (Wildman–Crippen MR) is 96.6 cm³/mol. The lowest BCUT2D eigenvalue weighted by molar-refractivity contribution is 0.0842. The summed E-state index contributed by atoms with van der Waals surface area (Å²) in [7, 11) is 0. The third kappa shape index (κ3) is 3.90. The Morgan fingerprint density at radius 3 is 2.85 bits per heavy atom. The molecule has 1 aliphatic carbocycles. The molecule has 0 saturated heterocycles. The van der Waals surface area contributed by atoms with E-state index in [-0.39, 0.29) is 17.7 Å². The number of nitrogens with one attached hydrogen (secondary N) is 1. The molecular formula is C19H21N5O3. The third-order valence-electron chi connectivity index (χ3n) is 4.80. The van der Waals surface area contributed by atoms with E-state index in [1.54, 1.807) is 23.9 Å². The molecule has 0 spiro atoms. The number of rotatable bonds is 6. The highest BCUT2D eigenvalue weighted by atomic mass is 16.5. The molecule has 140 valence electrons. The fourth-order valence-corrected chi connectivity index (χ4v) is 3.24. The van der Waals surface area contributed by atoms with Crippen molar-refractivity contribution in [2.24, 2.45) is 5.92 Å². The van der Waals surface area contributed by atoms with Crippen molar-refractivity contribution < 1.29 is 14.4 Å². The molecule has 1 aliphatic rings. The molecular weight excluding hydrogens is 346 g/mol. The summed E-state index contributed by atoms with van der Waals surface area (Å²) in [6.45, 7) is 2.39. The minimum absolute atomic E-state index is 0.118. The summed E-state index contributed by atoms with van der Waals surface area (Å²) < 4.78 is 6.93. The summed E-state index contributed by atoms with van der Waals surface area (Å²) in [5, 5.41) is 24.4. The third-order valence-corrected chi connectivity index (χ3v) is 4.80. The van der Waals surface area contributed by atoms with Gasteiger partial charge < -0.3 is 14.9 Å². The summed E-state index contributed by atoms with van der Waals surface area (Å²) in [5.74, 6) is 0.397. The monoisotopic (exact) mass is 367 g/mol. The Kier molecular flexibility index (Phi) is 4.72. The van der Waals surface area contributed by atoms with Crippen molar-refractivity contribution in [3.05, 3.63) is 54.0 Å². The van der Waals surface area contributed by atoms with Crippen molar-refractivity contribution in [2.75, 3.05) is 0 Å². The largest absolute Gasteiger partial charge is 0.387 e. The molecule has 8 nitrogen and oxygen atoms in total. The number of benzene rings is 1. The number of hydrogen-bond acceptors (Lipinski definition) is 6. The average Bonchev–Trinajstić information content (AvgIpc) is 3.30. The second-order valence-corrected chi connectivity index (χ2v) is 6.99. The summed E-state index contributed by atoms with van der Waals surface area (Å²) in [6, 6.07) is 11.4. The molecule has 27 heavy (non-hydrogen) atoms. The van der Waals surface area contributed by atoms with Crippen molar-refractivity contribution in [3.8, 4) is 11.3 Å². The van der Waals surface area contributed by atoms with Crippen molar-refractivity contribution in [3.63, 3.8) is 0 Å². The van der Waals surface area contributed by atoms with Crippen LogP contribution in [-0.2, 0) is 6.54 Å². The molecule has 0 bridgehead atoms. The summed E-state index contributed by atoms with van der Waals surface area (Å²) >= 11 is 0. The Morgan fingerprint density at radius 1 is 1.37 bits per heavy atom. The van der Waals surface area contributed by atoms with Crippen molar-refractivity contribution in [1.82, 2.24) is 25.5 Å². The SMILES string of the molecule is C[C@@H](O)c1cn(C[C@H]2C[C@@H](NC(=O)c3cc(-c4ccccc4)no3)C2)nn1. The zero-order valence-electron chi connectivity index (χ0n) is 14.9. The molecule has 1 amide bonds. The van der Waals surface area contributed by atoms with Gasteiger partial charge in [-0.15, -0.1) is 5.10 Å². The number of aromatic nitrogens is 4. The van der Waals surface area contributed by atoms with Crippen LogP contribution in [-0.4, -0.2) is 37.2 Å². The van der Waals surface area contributed by atoms with Crippen LogP contribution in [0.25, 0.3) is 11.3 Å². The lowest BCUT2D eigenvalue weighted by atomic mass is 9.80. The van der Waals surface area contributed by atoms with Crippen LogP contribution in [0.1, 0.15) is 42.1 Å². The fraction of sp³-hybridized carbons (Fsp3) is 0.368. The van der Waals surface area contributed by atoms with E-state index in [9.17, 15) is 9.90 Å². The van der Waals surface area contributed by atoms with E-state index in [1.807, 2.05) is 30.3 Å². The normalized spacial score (nSPS) is 20.1. The molecule has 1 atom stereocenters. The maximum atomic E-state index is 12.3. The van der Waals surface area contributed by atoms with Crippen molar-refractivity contribution >= 4 is 5.91 Å². The van der Waals surface area contributed by atoms with Gasteiger partial charge in [0.1, 0.15) is 11.4 Å². The van der Waals surface area contributed by atoms with E-state index in [4.69, 9.17) is 4.52 Å². The molecule has 0 radical (unpaired) electrons. The second-order valence-electron chi connectivity index (χ2n) is 6.99. The van der Waals surface area contributed by atoms with Crippen LogP contribution >= 0.6 is 0 Å². The number of nitrogens with zero attached hydrogens (tertiary/aromatic N) is 4. The Bertz CT molecular complexity index is 912. The van der Waals surface area contributed by atoms with Gasteiger partial charge in [-0.25, -0.2) is 0 Å². The molecule has 8 heteroatoms. The number of aliphatic hydroxyl groups excluding tert-OH is 1. The Hall–Kier alpha value is -3.00. The van der Waals surface area contributed by atoms with Crippen LogP contribution in [0.5, 0.6) is 0 Å². The maximum Gasteiger partial charge on any atom is 0.290 e. The van der Waals surface area contributed by atoms with Gasteiger partial charge in [-0.2, -0.15) is 0 Å². The first kappa shape index (κ1) is 17.4. The van der Waals surface area contributed by atoms with Crippen molar-refractivity contribution in [2.45, 2.75) is 38.5 Å². The molecule has 1 fully saturated rings. The van der Waals surface area contributed by atoms with Gasteiger partial charge in [0.15, 0.2) is 0 Å². The number of hydrogen-bond donors (Lipinski definition) is 2. The molecule has 0 aliphatic heterocycles. The van der Waals surface area contributed by atoms with Crippen LogP contribution in [0.3, 0.4) is 0 Å². The zero-order chi connectivity index (χ0) is 18.8. The van der Waals surface area contributed by atoms with E-state index in [1.165, 1.54) is 0 Å². The molecule has 2 heterocycles. The molecule has 1 saturated carbocycles. The summed E-state index contributed by atoms with van der Waals surface area (Å²) in [6.07, 6.45) is 2.88.